The van der Waals surface area contributed by atoms with Crippen LogP contribution in [-0.4, -0.2) is 54.6 Å². The van der Waals surface area contributed by atoms with Crippen LogP contribution in [0.2, 0.25) is 0 Å². The summed E-state index contributed by atoms with van der Waals surface area (Å²) in [6.45, 7) is 3.48. The van der Waals surface area contributed by atoms with E-state index in [1.165, 1.54) is 11.8 Å². The number of hydrogen-bond donors (Lipinski definition) is 3. The summed E-state index contributed by atoms with van der Waals surface area (Å²) in [4.78, 5) is 21.3. The van der Waals surface area contributed by atoms with Crippen LogP contribution in [0.4, 0.5) is 13.2 Å². The molecule has 1 fully saturated rings. The molecular weight excluding hydrogens is 407 g/mol. The SMILES string of the molecule is COc1ccc([C@@H]2CCNC[C@@H]2NC(=O)c2nocc2C)cc1.O=C(O)C(F)(F)F. The van der Waals surface area contributed by atoms with Gasteiger partial charge in [0.2, 0.25) is 0 Å². The molecule has 0 unspecified atom stereocenters. The summed E-state index contributed by atoms with van der Waals surface area (Å²) < 4.78 is 41.8. The number of carboxylic acids is 1. The fourth-order valence-corrected chi connectivity index (χ4v) is 3.00. The van der Waals surface area contributed by atoms with Crippen LogP contribution in [0, 0.1) is 6.92 Å². The number of halogens is 3. The number of rotatable bonds is 4. The van der Waals surface area contributed by atoms with Crippen molar-refractivity contribution in [2.75, 3.05) is 20.2 Å². The topological polar surface area (TPSA) is 114 Å². The average molecular weight is 429 g/mol. The zero-order valence-electron chi connectivity index (χ0n) is 16.3. The molecular formula is C19H22F3N3O5. The number of carbonyl (C=O) groups excluding carboxylic acids is 1. The number of nitrogens with one attached hydrogen (secondary N) is 2. The van der Waals surface area contributed by atoms with E-state index in [1.54, 1.807) is 7.11 Å². The Hall–Kier alpha value is -3.08. The van der Waals surface area contributed by atoms with Crippen LogP contribution in [0.1, 0.15) is 34.0 Å². The standard InChI is InChI=1S/C17H21N3O3.C2HF3O2/c1-11-10-23-20-16(11)17(21)19-15-9-18-8-7-14(15)12-3-5-13(22-2)6-4-12;3-2(4,5)1(6)7/h3-6,10,14-15,18H,7-9H2,1-2H3,(H,19,21);(H,6,7)/t14-,15-;/m0./s1. The lowest BCUT2D eigenvalue weighted by Gasteiger charge is -2.33. The smallest absolute Gasteiger partial charge is 0.490 e. The highest BCUT2D eigenvalue weighted by Gasteiger charge is 2.38. The largest absolute Gasteiger partial charge is 0.497 e. The van der Waals surface area contributed by atoms with Gasteiger partial charge in [-0.15, -0.1) is 0 Å². The number of aryl methyl sites for hydroxylation is 1. The summed E-state index contributed by atoms with van der Waals surface area (Å²) >= 11 is 0. The summed E-state index contributed by atoms with van der Waals surface area (Å²) in [5, 5.41) is 17.3. The van der Waals surface area contributed by atoms with Crippen molar-refractivity contribution < 1.29 is 37.1 Å². The van der Waals surface area contributed by atoms with Crippen LogP contribution in [0.3, 0.4) is 0 Å². The highest BCUT2D eigenvalue weighted by Crippen LogP contribution is 2.27. The van der Waals surface area contributed by atoms with Crippen molar-refractivity contribution in [2.45, 2.75) is 31.5 Å². The monoisotopic (exact) mass is 429 g/mol. The molecule has 1 aliphatic rings. The number of nitrogens with zero attached hydrogens (tertiary/aromatic N) is 1. The van der Waals surface area contributed by atoms with E-state index in [4.69, 9.17) is 19.2 Å². The van der Waals surface area contributed by atoms with E-state index in [0.717, 1.165) is 30.8 Å². The van der Waals surface area contributed by atoms with Crippen LogP contribution in [-0.2, 0) is 4.79 Å². The molecule has 8 nitrogen and oxygen atoms in total. The first-order valence-corrected chi connectivity index (χ1v) is 9.00. The lowest BCUT2D eigenvalue weighted by atomic mass is 9.86. The fraction of sp³-hybridized carbons (Fsp3) is 0.421. The zero-order valence-corrected chi connectivity index (χ0v) is 16.3. The Morgan fingerprint density at radius 3 is 2.43 bits per heavy atom. The number of amides is 1. The number of aliphatic carboxylic acids is 1. The van der Waals surface area contributed by atoms with Crippen LogP contribution in [0.25, 0.3) is 0 Å². The number of benzene rings is 1. The van der Waals surface area contributed by atoms with Gasteiger partial charge in [0.05, 0.1) is 7.11 Å². The maximum atomic E-state index is 12.4. The summed E-state index contributed by atoms with van der Waals surface area (Å²) in [6.07, 6.45) is -2.63. The van der Waals surface area contributed by atoms with E-state index in [9.17, 15) is 18.0 Å². The minimum absolute atomic E-state index is 0.0146. The van der Waals surface area contributed by atoms with Crippen molar-refractivity contribution in [3.63, 3.8) is 0 Å². The quantitative estimate of drug-likeness (QED) is 0.684. The van der Waals surface area contributed by atoms with Gasteiger partial charge in [-0.3, -0.25) is 4.79 Å². The van der Waals surface area contributed by atoms with Crippen molar-refractivity contribution in [3.8, 4) is 5.75 Å². The molecule has 30 heavy (non-hydrogen) atoms. The Balaban J connectivity index is 0.000000396. The number of carboxylic acid groups (broad SMARTS) is 1. The van der Waals surface area contributed by atoms with Gasteiger partial charge in [0, 0.05) is 24.1 Å². The van der Waals surface area contributed by atoms with Crippen molar-refractivity contribution in [1.29, 1.82) is 0 Å². The lowest BCUT2D eigenvalue weighted by Crippen LogP contribution is -2.50. The third kappa shape index (κ3) is 6.21. The molecule has 2 atom stereocenters. The molecule has 1 saturated heterocycles. The molecule has 1 amide bonds. The average Bonchev–Trinajstić information content (AvgIpc) is 3.14. The van der Waals surface area contributed by atoms with Gasteiger partial charge in [0.15, 0.2) is 5.69 Å². The minimum atomic E-state index is -5.08. The first-order chi connectivity index (χ1) is 14.1. The Labute approximate surface area is 170 Å². The van der Waals surface area contributed by atoms with E-state index in [-0.39, 0.29) is 17.9 Å². The van der Waals surface area contributed by atoms with Gasteiger partial charge in [-0.2, -0.15) is 13.2 Å². The van der Waals surface area contributed by atoms with Gasteiger partial charge in [-0.05, 0) is 37.6 Å². The van der Waals surface area contributed by atoms with E-state index in [2.05, 4.69) is 27.9 Å². The first kappa shape index (κ1) is 23.2. The molecule has 0 aliphatic carbocycles. The van der Waals surface area contributed by atoms with Crippen LogP contribution in [0.15, 0.2) is 35.1 Å². The molecule has 164 valence electrons. The number of alkyl halides is 3. The minimum Gasteiger partial charge on any atom is -0.497 e. The normalized spacial score (nSPS) is 18.7. The first-order valence-electron chi connectivity index (χ1n) is 9.00. The van der Waals surface area contributed by atoms with Gasteiger partial charge in [-0.1, -0.05) is 17.3 Å². The molecule has 2 heterocycles. The molecule has 11 heteroatoms. The number of aromatic nitrogens is 1. The molecule has 0 spiro atoms. The second kappa shape index (κ2) is 10.1. The van der Waals surface area contributed by atoms with E-state index in [1.807, 2.05) is 19.1 Å². The second-order valence-electron chi connectivity index (χ2n) is 6.60. The molecule has 0 bridgehead atoms. The number of hydrogen-bond acceptors (Lipinski definition) is 6. The molecule has 3 rings (SSSR count). The highest BCUT2D eigenvalue weighted by atomic mass is 19.4. The Kier molecular flexibility index (Phi) is 7.81. The molecule has 2 aromatic rings. The highest BCUT2D eigenvalue weighted by molar-refractivity contribution is 5.93. The van der Waals surface area contributed by atoms with Crippen molar-refractivity contribution >= 4 is 11.9 Å². The van der Waals surface area contributed by atoms with E-state index >= 15 is 0 Å². The summed E-state index contributed by atoms with van der Waals surface area (Å²) in [5.74, 6) is -1.85. The van der Waals surface area contributed by atoms with Gasteiger partial charge in [0.1, 0.15) is 12.0 Å². The van der Waals surface area contributed by atoms with Crippen LogP contribution in [0.5, 0.6) is 5.75 Å². The Morgan fingerprint density at radius 2 is 1.93 bits per heavy atom. The predicted octanol–water partition coefficient (Wildman–Crippen LogP) is 2.50. The zero-order chi connectivity index (χ0) is 22.3. The molecule has 0 radical (unpaired) electrons. The van der Waals surface area contributed by atoms with E-state index in [0.29, 0.717) is 5.69 Å². The second-order valence-corrected chi connectivity index (χ2v) is 6.60. The maximum Gasteiger partial charge on any atom is 0.490 e. The molecule has 3 N–H and O–H groups in total. The molecule has 1 aromatic carbocycles. The third-order valence-electron chi connectivity index (χ3n) is 4.55. The Morgan fingerprint density at radius 1 is 1.30 bits per heavy atom. The number of carbonyl (C=O) groups is 2. The summed E-state index contributed by atoms with van der Waals surface area (Å²) in [5.41, 5.74) is 2.30. The van der Waals surface area contributed by atoms with Crippen molar-refractivity contribution in [2.24, 2.45) is 0 Å². The van der Waals surface area contributed by atoms with Crippen molar-refractivity contribution in [1.82, 2.24) is 15.8 Å². The van der Waals surface area contributed by atoms with E-state index < -0.39 is 12.1 Å². The number of methoxy groups -OCH3 is 1. The number of ether oxygens (including phenoxy) is 1. The van der Waals surface area contributed by atoms with Crippen LogP contribution < -0.4 is 15.4 Å². The molecule has 1 aliphatic heterocycles. The summed E-state index contributed by atoms with van der Waals surface area (Å²) in [6, 6.07) is 8.06. The van der Waals surface area contributed by atoms with Crippen molar-refractivity contribution in [3.05, 3.63) is 47.3 Å². The maximum absolute atomic E-state index is 12.4. The van der Waals surface area contributed by atoms with Gasteiger partial charge in [0.25, 0.3) is 5.91 Å². The van der Waals surface area contributed by atoms with Gasteiger partial charge in [-0.25, -0.2) is 4.79 Å². The lowest BCUT2D eigenvalue weighted by molar-refractivity contribution is -0.192. The summed E-state index contributed by atoms with van der Waals surface area (Å²) in [7, 11) is 1.66. The van der Waals surface area contributed by atoms with Gasteiger partial charge >= 0.3 is 12.1 Å². The van der Waals surface area contributed by atoms with Gasteiger partial charge < -0.3 is 25.0 Å². The molecule has 0 saturated carbocycles. The van der Waals surface area contributed by atoms with Crippen LogP contribution >= 0.6 is 0 Å². The predicted molar refractivity (Wildman–Crippen MR) is 99.4 cm³/mol. The number of piperidine rings is 1. The Bertz CT molecular complexity index is 852. The third-order valence-corrected chi connectivity index (χ3v) is 4.55. The molecule has 1 aromatic heterocycles. The fourth-order valence-electron chi connectivity index (χ4n) is 3.00.